The van der Waals surface area contributed by atoms with Gasteiger partial charge in [0.2, 0.25) is 0 Å². The fraction of sp³-hybridized carbons (Fsp3) is 0.545. The quantitative estimate of drug-likeness (QED) is 0.339. The maximum absolute atomic E-state index is 4.09. The Bertz CT molecular complexity index is 373. The Morgan fingerprint density at radius 3 is 2.94 bits per heavy atom. The molecule has 6 nitrogen and oxygen atoms in total. The molecule has 1 heterocycles. The Morgan fingerprint density at radius 1 is 1.56 bits per heavy atom. The van der Waals surface area contributed by atoms with Gasteiger partial charge in [-0.2, -0.15) is 0 Å². The maximum Gasteiger partial charge on any atom is 0.191 e. The smallest absolute Gasteiger partial charge is 0.191 e. The zero-order valence-electron chi connectivity index (χ0n) is 10.9. The second-order valence-corrected chi connectivity index (χ2v) is 3.46. The highest BCUT2D eigenvalue weighted by Gasteiger charge is 2.01. The molecule has 0 spiro atoms. The van der Waals surface area contributed by atoms with Gasteiger partial charge >= 0.3 is 0 Å². The van der Waals surface area contributed by atoms with Gasteiger partial charge in [0.1, 0.15) is 12.2 Å². The molecule has 0 aliphatic carbocycles. The monoisotopic (exact) mass is 364 g/mol. The topological polar surface area (TPSA) is 67.1 Å². The minimum atomic E-state index is 0. The fourth-order valence-electron chi connectivity index (χ4n) is 1.42. The predicted octanol–water partition coefficient (Wildman–Crippen LogP) is 0.809. The first-order valence-corrected chi connectivity index (χ1v) is 5.73. The van der Waals surface area contributed by atoms with Gasteiger partial charge in [0.05, 0.1) is 0 Å². The summed E-state index contributed by atoms with van der Waals surface area (Å²) in [5.41, 5.74) is 0. The third-order valence-corrected chi connectivity index (χ3v) is 2.29. The third kappa shape index (κ3) is 5.48. The highest BCUT2D eigenvalue weighted by atomic mass is 127. The van der Waals surface area contributed by atoms with Gasteiger partial charge in [0, 0.05) is 33.1 Å². The lowest BCUT2D eigenvalue weighted by atomic mass is 10.4. The molecule has 0 bridgehead atoms. The molecule has 2 N–H and O–H groups in total. The summed E-state index contributed by atoms with van der Waals surface area (Å²) in [4.78, 5) is 4.09. The summed E-state index contributed by atoms with van der Waals surface area (Å²) in [6, 6.07) is 0. The van der Waals surface area contributed by atoms with E-state index in [0.717, 1.165) is 31.3 Å². The molecular formula is C11H21IN6. The van der Waals surface area contributed by atoms with Crippen molar-refractivity contribution in [1.82, 2.24) is 25.4 Å². The van der Waals surface area contributed by atoms with Crippen LogP contribution in [0, 0.1) is 0 Å². The van der Waals surface area contributed by atoms with E-state index in [9.17, 15) is 0 Å². The van der Waals surface area contributed by atoms with E-state index in [0.29, 0.717) is 6.54 Å². The van der Waals surface area contributed by atoms with Crippen LogP contribution in [0.2, 0.25) is 0 Å². The summed E-state index contributed by atoms with van der Waals surface area (Å²) < 4.78 is 2.04. The Hall–Kier alpha value is -1.12. The number of hydrogen-bond acceptors (Lipinski definition) is 3. The van der Waals surface area contributed by atoms with Crippen LogP contribution in [-0.2, 0) is 13.0 Å². The Kier molecular flexibility index (Phi) is 9.25. The van der Waals surface area contributed by atoms with Crippen LogP contribution in [0.15, 0.2) is 24.0 Å². The number of rotatable bonds is 6. The zero-order chi connectivity index (χ0) is 12.5. The van der Waals surface area contributed by atoms with Crippen molar-refractivity contribution in [2.45, 2.75) is 19.9 Å². The summed E-state index contributed by atoms with van der Waals surface area (Å²) >= 11 is 0. The van der Waals surface area contributed by atoms with Crippen LogP contribution in [-0.4, -0.2) is 40.9 Å². The van der Waals surface area contributed by atoms with Gasteiger partial charge in [0.25, 0.3) is 0 Å². The Labute approximate surface area is 125 Å². The molecule has 0 aromatic carbocycles. The summed E-state index contributed by atoms with van der Waals surface area (Å²) in [6.07, 6.45) is 4.44. The first kappa shape index (κ1) is 16.9. The van der Waals surface area contributed by atoms with E-state index in [4.69, 9.17) is 0 Å². The molecule has 0 saturated heterocycles. The van der Waals surface area contributed by atoms with Crippen LogP contribution in [0.3, 0.4) is 0 Å². The first-order valence-electron chi connectivity index (χ1n) is 5.73. The molecule has 0 atom stereocenters. The predicted molar refractivity (Wildman–Crippen MR) is 84.4 cm³/mol. The number of hydrogen-bond donors (Lipinski definition) is 2. The standard InChI is InChI=1S/C11H20N6.HI/c1-4-6-13-11(12-3)14-7-8-17-9-15-16-10(17)5-2;/h4,9H,1,5-8H2,2-3H3,(H2,12,13,14);1H. The summed E-state index contributed by atoms with van der Waals surface area (Å²) in [5, 5.41) is 14.2. The lowest BCUT2D eigenvalue weighted by Gasteiger charge is -2.11. The molecule has 7 heteroatoms. The lowest BCUT2D eigenvalue weighted by Crippen LogP contribution is -2.38. The first-order chi connectivity index (χ1) is 8.31. The molecule has 0 amide bonds. The molecule has 0 aliphatic rings. The van der Waals surface area contributed by atoms with Crippen LogP contribution in [0.5, 0.6) is 0 Å². The van der Waals surface area contributed by atoms with Gasteiger partial charge in [-0.15, -0.1) is 40.8 Å². The van der Waals surface area contributed by atoms with Gasteiger partial charge in [-0.05, 0) is 0 Å². The average Bonchev–Trinajstić information content (AvgIpc) is 2.81. The lowest BCUT2D eigenvalue weighted by molar-refractivity contribution is 0.634. The van der Waals surface area contributed by atoms with E-state index >= 15 is 0 Å². The molecule has 1 aromatic heterocycles. The number of aryl methyl sites for hydroxylation is 1. The maximum atomic E-state index is 4.09. The molecule has 18 heavy (non-hydrogen) atoms. The average molecular weight is 364 g/mol. The van der Waals surface area contributed by atoms with Crippen molar-refractivity contribution in [1.29, 1.82) is 0 Å². The van der Waals surface area contributed by atoms with Gasteiger partial charge in [-0.3, -0.25) is 4.99 Å². The normalized spacial score (nSPS) is 10.7. The molecule has 1 aromatic rings. The fourth-order valence-corrected chi connectivity index (χ4v) is 1.42. The molecule has 0 radical (unpaired) electrons. The molecule has 102 valence electrons. The van der Waals surface area contributed by atoms with E-state index in [2.05, 4.69) is 39.3 Å². The number of halogens is 1. The second-order valence-electron chi connectivity index (χ2n) is 3.46. The summed E-state index contributed by atoms with van der Waals surface area (Å²) in [7, 11) is 1.74. The van der Waals surface area contributed by atoms with Crippen molar-refractivity contribution >= 4 is 29.9 Å². The Balaban J connectivity index is 0.00000289. The van der Waals surface area contributed by atoms with Crippen molar-refractivity contribution in [2.24, 2.45) is 4.99 Å². The van der Waals surface area contributed by atoms with E-state index < -0.39 is 0 Å². The number of nitrogens with one attached hydrogen (secondary N) is 2. The molecule has 1 rings (SSSR count). The number of nitrogens with zero attached hydrogens (tertiary/aromatic N) is 4. The Morgan fingerprint density at radius 2 is 2.33 bits per heavy atom. The van der Waals surface area contributed by atoms with Crippen molar-refractivity contribution in [2.75, 3.05) is 20.1 Å². The molecule has 0 unspecified atom stereocenters. The van der Waals surface area contributed by atoms with Crippen LogP contribution in [0.1, 0.15) is 12.7 Å². The van der Waals surface area contributed by atoms with Crippen molar-refractivity contribution in [3.63, 3.8) is 0 Å². The molecular weight excluding hydrogens is 343 g/mol. The summed E-state index contributed by atoms with van der Waals surface area (Å²) in [6.45, 7) is 8.02. The van der Waals surface area contributed by atoms with Crippen molar-refractivity contribution in [3.05, 3.63) is 24.8 Å². The highest BCUT2D eigenvalue weighted by Crippen LogP contribution is 1.94. The largest absolute Gasteiger partial charge is 0.355 e. The van der Waals surface area contributed by atoms with Crippen LogP contribution in [0.4, 0.5) is 0 Å². The molecule has 0 saturated carbocycles. The minimum absolute atomic E-state index is 0. The minimum Gasteiger partial charge on any atom is -0.355 e. The van der Waals surface area contributed by atoms with E-state index in [1.807, 2.05) is 4.57 Å². The molecule has 0 aliphatic heterocycles. The second kappa shape index (κ2) is 9.86. The molecule has 0 fully saturated rings. The summed E-state index contributed by atoms with van der Waals surface area (Å²) in [5.74, 6) is 1.77. The number of guanidine groups is 1. The van der Waals surface area contributed by atoms with E-state index in [1.54, 1.807) is 19.5 Å². The highest BCUT2D eigenvalue weighted by molar-refractivity contribution is 14.0. The third-order valence-electron chi connectivity index (χ3n) is 2.29. The van der Waals surface area contributed by atoms with Gasteiger partial charge in [0.15, 0.2) is 5.96 Å². The van der Waals surface area contributed by atoms with Crippen LogP contribution >= 0.6 is 24.0 Å². The van der Waals surface area contributed by atoms with E-state index in [-0.39, 0.29) is 24.0 Å². The number of aromatic nitrogens is 3. The van der Waals surface area contributed by atoms with Gasteiger partial charge in [-0.1, -0.05) is 13.0 Å². The SMILES string of the molecule is C=CCNC(=NC)NCCn1cnnc1CC.I. The zero-order valence-corrected chi connectivity index (χ0v) is 13.2. The van der Waals surface area contributed by atoms with Crippen LogP contribution < -0.4 is 10.6 Å². The van der Waals surface area contributed by atoms with Gasteiger partial charge in [-0.25, -0.2) is 0 Å². The van der Waals surface area contributed by atoms with Gasteiger partial charge < -0.3 is 15.2 Å². The van der Waals surface area contributed by atoms with Crippen molar-refractivity contribution < 1.29 is 0 Å². The number of aliphatic imine (C=N–C) groups is 1. The van der Waals surface area contributed by atoms with Crippen molar-refractivity contribution in [3.8, 4) is 0 Å². The van der Waals surface area contributed by atoms with E-state index in [1.165, 1.54) is 0 Å². The van der Waals surface area contributed by atoms with Crippen LogP contribution in [0.25, 0.3) is 0 Å².